The maximum absolute atomic E-state index is 13.8. The van der Waals surface area contributed by atoms with Gasteiger partial charge in [-0.1, -0.05) is 91.6 Å². The van der Waals surface area contributed by atoms with Crippen LogP contribution < -0.4 is 5.32 Å². The Labute approximate surface area is 230 Å². The third-order valence-corrected chi connectivity index (χ3v) is 8.05. The molecule has 0 saturated heterocycles. The molecule has 4 rings (SSSR count). The van der Waals surface area contributed by atoms with Crippen LogP contribution in [0, 0.1) is 12.7 Å². The van der Waals surface area contributed by atoms with Gasteiger partial charge >= 0.3 is 0 Å². The lowest BCUT2D eigenvalue weighted by Crippen LogP contribution is -2.53. The van der Waals surface area contributed by atoms with Crippen molar-refractivity contribution in [3.05, 3.63) is 107 Å². The third-order valence-electron chi connectivity index (χ3n) is 7.07. The van der Waals surface area contributed by atoms with E-state index in [2.05, 4.69) is 30.4 Å². The van der Waals surface area contributed by atoms with Crippen LogP contribution in [0.5, 0.6) is 0 Å². The number of amides is 2. The van der Waals surface area contributed by atoms with Gasteiger partial charge in [-0.15, -0.1) is 11.8 Å². The standard InChI is InChI=1S/C32H37FN2O2S/c1-24-9-8-12-27(19-24)22-38-23-31(36)35(21-26-15-17-28(33)18-16-26)30(20-25-10-4-2-5-11-25)32(37)34-29-13-6-3-7-14-29/h2,4-5,8-12,15-19,29-30H,3,6-7,13-14,20-23H2,1H3,(H,34,37). The minimum absolute atomic E-state index is 0.0910. The number of halogens is 1. The van der Waals surface area contributed by atoms with Crippen molar-refractivity contribution >= 4 is 23.6 Å². The molecule has 1 N–H and O–H groups in total. The second kappa shape index (κ2) is 14.1. The van der Waals surface area contributed by atoms with Crippen LogP contribution in [-0.4, -0.2) is 34.6 Å². The Morgan fingerprint density at radius 3 is 2.34 bits per heavy atom. The zero-order valence-corrected chi connectivity index (χ0v) is 22.9. The number of hydrogen-bond donors (Lipinski definition) is 1. The zero-order valence-electron chi connectivity index (χ0n) is 22.1. The molecular weight excluding hydrogens is 495 g/mol. The molecule has 3 aromatic carbocycles. The Morgan fingerprint density at radius 1 is 0.921 bits per heavy atom. The van der Waals surface area contributed by atoms with Crippen LogP contribution in [0.1, 0.15) is 54.4 Å². The molecule has 0 spiro atoms. The van der Waals surface area contributed by atoms with Crippen LogP contribution >= 0.6 is 11.8 Å². The summed E-state index contributed by atoms with van der Waals surface area (Å²) >= 11 is 1.55. The fourth-order valence-corrected chi connectivity index (χ4v) is 5.88. The molecule has 1 aliphatic rings. The van der Waals surface area contributed by atoms with E-state index in [1.165, 1.54) is 29.7 Å². The lowest BCUT2D eigenvalue weighted by molar-refractivity contribution is -0.139. The summed E-state index contributed by atoms with van der Waals surface area (Å²) in [6.07, 6.45) is 5.80. The minimum atomic E-state index is -0.656. The van der Waals surface area contributed by atoms with Gasteiger partial charge in [-0.25, -0.2) is 4.39 Å². The first-order valence-corrected chi connectivity index (χ1v) is 14.6. The first kappa shape index (κ1) is 27.9. The van der Waals surface area contributed by atoms with Gasteiger partial charge in [0, 0.05) is 24.8 Å². The van der Waals surface area contributed by atoms with Crippen LogP contribution in [-0.2, 0) is 28.3 Å². The number of hydrogen-bond acceptors (Lipinski definition) is 3. The van der Waals surface area contributed by atoms with Crippen molar-refractivity contribution in [2.75, 3.05) is 5.75 Å². The molecule has 1 fully saturated rings. The largest absolute Gasteiger partial charge is 0.352 e. The van der Waals surface area contributed by atoms with Gasteiger partial charge in [0.2, 0.25) is 11.8 Å². The van der Waals surface area contributed by atoms with Crippen molar-refractivity contribution in [3.8, 4) is 0 Å². The molecule has 1 aliphatic carbocycles. The Morgan fingerprint density at radius 2 is 1.63 bits per heavy atom. The molecule has 200 valence electrons. The number of aryl methyl sites for hydroxylation is 1. The molecule has 4 nitrogen and oxygen atoms in total. The van der Waals surface area contributed by atoms with E-state index in [1.807, 2.05) is 36.4 Å². The summed E-state index contributed by atoms with van der Waals surface area (Å²) in [5.74, 6) is 0.454. The third kappa shape index (κ3) is 8.45. The predicted molar refractivity (Wildman–Crippen MR) is 153 cm³/mol. The summed E-state index contributed by atoms with van der Waals surface area (Å²) in [4.78, 5) is 29.2. The maximum Gasteiger partial charge on any atom is 0.243 e. The van der Waals surface area contributed by atoms with Crippen molar-refractivity contribution in [2.24, 2.45) is 0 Å². The van der Waals surface area contributed by atoms with E-state index in [-0.39, 0.29) is 36.0 Å². The molecule has 0 aromatic heterocycles. The van der Waals surface area contributed by atoms with Gasteiger partial charge in [-0.05, 0) is 48.6 Å². The molecule has 0 aliphatic heterocycles. The van der Waals surface area contributed by atoms with E-state index in [0.29, 0.717) is 6.42 Å². The maximum atomic E-state index is 13.8. The summed E-state index contributed by atoms with van der Waals surface area (Å²) in [5.41, 5.74) is 4.16. The van der Waals surface area contributed by atoms with Crippen LogP contribution in [0.15, 0.2) is 78.9 Å². The Hall–Kier alpha value is -3.12. The summed E-state index contributed by atoms with van der Waals surface area (Å²) in [7, 11) is 0. The molecule has 0 heterocycles. The highest BCUT2D eigenvalue weighted by atomic mass is 32.2. The number of nitrogens with zero attached hydrogens (tertiary/aromatic N) is 1. The fraction of sp³-hybridized carbons (Fsp3) is 0.375. The lowest BCUT2D eigenvalue weighted by atomic mass is 9.94. The number of benzene rings is 3. The molecule has 2 amide bonds. The summed E-state index contributed by atoms with van der Waals surface area (Å²) in [6, 6.07) is 23.8. The van der Waals surface area contributed by atoms with E-state index in [4.69, 9.17) is 0 Å². The van der Waals surface area contributed by atoms with E-state index in [0.717, 1.165) is 42.6 Å². The number of rotatable bonds is 11. The average molecular weight is 533 g/mol. The normalized spacial score (nSPS) is 14.6. The quantitative estimate of drug-likeness (QED) is 0.309. The van der Waals surface area contributed by atoms with Gasteiger partial charge in [-0.2, -0.15) is 0 Å². The molecule has 38 heavy (non-hydrogen) atoms. The lowest BCUT2D eigenvalue weighted by Gasteiger charge is -2.33. The molecule has 3 aromatic rings. The fourth-order valence-electron chi connectivity index (χ4n) is 5.03. The van der Waals surface area contributed by atoms with E-state index in [1.54, 1.807) is 28.8 Å². The SMILES string of the molecule is Cc1cccc(CSCC(=O)N(Cc2ccc(F)cc2)C(Cc2ccccc2)C(=O)NC2CCCCC2)c1. The van der Waals surface area contributed by atoms with Crippen molar-refractivity contribution in [1.82, 2.24) is 10.2 Å². The van der Waals surface area contributed by atoms with Crippen molar-refractivity contribution in [2.45, 2.75) is 69.8 Å². The van der Waals surface area contributed by atoms with Crippen molar-refractivity contribution in [3.63, 3.8) is 0 Å². The molecular formula is C32H37FN2O2S. The highest BCUT2D eigenvalue weighted by Crippen LogP contribution is 2.21. The molecule has 1 atom stereocenters. The first-order chi connectivity index (χ1) is 18.5. The highest BCUT2D eigenvalue weighted by molar-refractivity contribution is 7.99. The molecule has 6 heteroatoms. The predicted octanol–water partition coefficient (Wildman–Crippen LogP) is 6.46. The number of carbonyl (C=O) groups excluding carboxylic acids is 2. The second-order valence-electron chi connectivity index (χ2n) is 10.2. The summed E-state index contributed by atoms with van der Waals surface area (Å²) in [6.45, 7) is 2.31. The molecule has 1 unspecified atom stereocenters. The zero-order chi connectivity index (χ0) is 26.7. The number of thioether (sulfide) groups is 1. The molecule has 1 saturated carbocycles. The first-order valence-electron chi connectivity index (χ1n) is 13.5. The van der Waals surface area contributed by atoms with Crippen LogP contribution in [0.2, 0.25) is 0 Å². The molecule has 0 bridgehead atoms. The summed E-state index contributed by atoms with van der Waals surface area (Å²) < 4.78 is 13.6. The van der Waals surface area contributed by atoms with Crippen LogP contribution in [0.25, 0.3) is 0 Å². The van der Waals surface area contributed by atoms with E-state index >= 15 is 0 Å². The van der Waals surface area contributed by atoms with Crippen LogP contribution in [0.3, 0.4) is 0 Å². The summed E-state index contributed by atoms with van der Waals surface area (Å²) in [5, 5.41) is 3.26. The van der Waals surface area contributed by atoms with Crippen LogP contribution in [0.4, 0.5) is 4.39 Å². The van der Waals surface area contributed by atoms with Crippen molar-refractivity contribution in [1.29, 1.82) is 0 Å². The van der Waals surface area contributed by atoms with Crippen molar-refractivity contribution < 1.29 is 14.0 Å². The minimum Gasteiger partial charge on any atom is -0.352 e. The monoisotopic (exact) mass is 532 g/mol. The Balaban J connectivity index is 1.56. The van der Waals surface area contributed by atoms with Gasteiger partial charge < -0.3 is 10.2 Å². The van der Waals surface area contributed by atoms with Gasteiger partial charge in [0.1, 0.15) is 11.9 Å². The van der Waals surface area contributed by atoms with Gasteiger partial charge in [0.15, 0.2) is 0 Å². The van der Waals surface area contributed by atoms with Gasteiger partial charge in [0.25, 0.3) is 0 Å². The smallest absolute Gasteiger partial charge is 0.243 e. The van der Waals surface area contributed by atoms with E-state index in [9.17, 15) is 14.0 Å². The topological polar surface area (TPSA) is 49.4 Å². The average Bonchev–Trinajstić information content (AvgIpc) is 2.93. The van der Waals surface area contributed by atoms with Gasteiger partial charge in [0.05, 0.1) is 5.75 Å². The second-order valence-corrected chi connectivity index (χ2v) is 11.2. The highest BCUT2D eigenvalue weighted by Gasteiger charge is 2.31. The Kier molecular flexibility index (Phi) is 10.4. The molecule has 0 radical (unpaired) electrons. The van der Waals surface area contributed by atoms with Gasteiger partial charge in [-0.3, -0.25) is 9.59 Å². The van der Waals surface area contributed by atoms with E-state index < -0.39 is 6.04 Å². The Bertz CT molecular complexity index is 1180. The number of carbonyl (C=O) groups is 2. The number of nitrogens with one attached hydrogen (secondary N) is 1.